The molecule has 0 aliphatic carbocycles. The molecule has 0 saturated heterocycles. The smallest absolute Gasteiger partial charge is 0.210 e. The lowest BCUT2D eigenvalue weighted by Gasteiger charge is -2.18. The predicted octanol–water partition coefficient (Wildman–Crippen LogP) is 2.85. The van der Waals surface area contributed by atoms with Crippen LogP contribution in [-0.4, -0.2) is 21.1 Å². The Kier molecular flexibility index (Phi) is 4.45. The fourth-order valence-electron chi connectivity index (χ4n) is 2.10. The zero-order valence-corrected chi connectivity index (χ0v) is 12.7. The average Bonchev–Trinajstić information content (AvgIpc) is 2.66. The molecule has 106 valence electrons. The standard InChI is InChI=1S/C15H18ClN3O/c1-11-4-6-13(7-5-11)8-19(10-20)9-14-15(16)12(2)17-18(14)3/h4-7,10H,8-9H2,1-3H3. The molecule has 1 aromatic carbocycles. The van der Waals surface area contributed by atoms with E-state index < -0.39 is 0 Å². The van der Waals surface area contributed by atoms with Gasteiger partial charge in [0.2, 0.25) is 6.41 Å². The molecule has 4 nitrogen and oxygen atoms in total. The molecule has 0 unspecified atom stereocenters. The first kappa shape index (κ1) is 14.6. The van der Waals surface area contributed by atoms with Crippen molar-refractivity contribution in [1.29, 1.82) is 0 Å². The molecule has 0 N–H and O–H groups in total. The highest BCUT2D eigenvalue weighted by Crippen LogP contribution is 2.21. The normalized spacial score (nSPS) is 10.6. The fourth-order valence-corrected chi connectivity index (χ4v) is 2.32. The number of carbonyl (C=O) groups excluding carboxylic acids is 1. The quantitative estimate of drug-likeness (QED) is 0.795. The van der Waals surface area contributed by atoms with Crippen molar-refractivity contribution in [2.75, 3.05) is 0 Å². The molecule has 1 heterocycles. The van der Waals surface area contributed by atoms with Crippen LogP contribution in [0.25, 0.3) is 0 Å². The second kappa shape index (κ2) is 6.09. The first-order chi connectivity index (χ1) is 9.51. The maximum Gasteiger partial charge on any atom is 0.210 e. The molecule has 0 radical (unpaired) electrons. The third-order valence-electron chi connectivity index (χ3n) is 3.27. The van der Waals surface area contributed by atoms with Crippen LogP contribution in [0.4, 0.5) is 0 Å². The van der Waals surface area contributed by atoms with Gasteiger partial charge in [0.15, 0.2) is 0 Å². The summed E-state index contributed by atoms with van der Waals surface area (Å²) in [6, 6.07) is 8.14. The molecule has 0 aliphatic rings. The Balaban J connectivity index is 2.13. The van der Waals surface area contributed by atoms with Gasteiger partial charge in [0.05, 0.1) is 23.0 Å². The number of aryl methyl sites for hydroxylation is 3. The number of halogens is 1. The van der Waals surface area contributed by atoms with Crippen LogP contribution >= 0.6 is 11.6 Å². The van der Waals surface area contributed by atoms with Crippen molar-refractivity contribution in [2.24, 2.45) is 7.05 Å². The van der Waals surface area contributed by atoms with E-state index in [1.807, 2.05) is 45.2 Å². The van der Waals surface area contributed by atoms with Crippen molar-refractivity contribution in [3.8, 4) is 0 Å². The second-order valence-corrected chi connectivity index (χ2v) is 5.34. The van der Waals surface area contributed by atoms with Crippen LogP contribution in [0.2, 0.25) is 5.02 Å². The van der Waals surface area contributed by atoms with E-state index in [4.69, 9.17) is 11.6 Å². The molecule has 0 saturated carbocycles. The second-order valence-electron chi connectivity index (χ2n) is 4.97. The van der Waals surface area contributed by atoms with Gasteiger partial charge in [0.25, 0.3) is 0 Å². The minimum atomic E-state index is 0.452. The summed E-state index contributed by atoms with van der Waals surface area (Å²) in [4.78, 5) is 13.0. The lowest BCUT2D eigenvalue weighted by atomic mass is 10.1. The number of amides is 1. The predicted molar refractivity (Wildman–Crippen MR) is 79.4 cm³/mol. The van der Waals surface area contributed by atoms with Gasteiger partial charge in [-0.2, -0.15) is 5.10 Å². The maximum absolute atomic E-state index is 11.3. The van der Waals surface area contributed by atoms with Crippen molar-refractivity contribution < 1.29 is 4.79 Å². The topological polar surface area (TPSA) is 38.1 Å². The van der Waals surface area contributed by atoms with Crippen LogP contribution < -0.4 is 0 Å². The molecule has 2 rings (SSSR count). The van der Waals surface area contributed by atoms with E-state index in [1.165, 1.54) is 5.56 Å². The Morgan fingerprint density at radius 3 is 2.40 bits per heavy atom. The van der Waals surface area contributed by atoms with Gasteiger partial charge in [-0.25, -0.2) is 0 Å². The largest absolute Gasteiger partial charge is 0.335 e. The first-order valence-corrected chi connectivity index (χ1v) is 6.82. The summed E-state index contributed by atoms with van der Waals surface area (Å²) >= 11 is 6.21. The Morgan fingerprint density at radius 1 is 1.25 bits per heavy atom. The lowest BCUT2D eigenvalue weighted by molar-refractivity contribution is -0.119. The number of hydrogen-bond acceptors (Lipinski definition) is 2. The molecule has 1 aromatic heterocycles. The molecule has 20 heavy (non-hydrogen) atoms. The van der Waals surface area contributed by atoms with Gasteiger partial charge in [-0.1, -0.05) is 41.4 Å². The van der Waals surface area contributed by atoms with Crippen molar-refractivity contribution in [1.82, 2.24) is 14.7 Å². The molecule has 0 spiro atoms. The molecule has 0 bridgehead atoms. The summed E-state index contributed by atoms with van der Waals surface area (Å²) < 4.78 is 1.73. The van der Waals surface area contributed by atoms with Gasteiger partial charge < -0.3 is 4.90 Å². The summed E-state index contributed by atoms with van der Waals surface area (Å²) in [5, 5.41) is 4.89. The molecular weight excluding hydrogens is 274 g/mol. The number of nitrogens with zero attached hydrogens (tertiary/aromatic N) is 3. The van der Waals surface area contributed by atoms with Crippen molar-refractivity contribution in [3.05, 3.63) is 51.8 Å². The third-order valence-corrected chi connectivity index (χ3v) is 3.76. The molecular formula is C15H18ClN3O. The SMILES string of the molecule is Cc1ccc(CN(C=O)Cc2c(Cl)c(C)nn2C)cc1. The Morgan fingerprint density at radius 2 is 1.90 bits per heavy atom. The van der Waals surface area contributed by atoms with Crippen molar-refractivity contribution in [3.63, 3.8) is 0 Å². The minimum absolute atomic E-state index is 0.452. The van der Waals surface area contributed by atoms with Crippen molar-refractivity contribution in [2.45, 2.75) is 26.9 Å². The summed E-state index contributed by atoms with van der Waals surface area (Å²) in [6.07, 6.45) is 0.846. The van der Waals surface area contributed by atoms with Crippen LogP contribution in [0.5, 0.6) is 0 Å². The van der Waals surface area contributed by atoms with Gasteiger partial charge in [0.1, 0.15) is 0 Å². The van der Waals surface area contributed by atoms with Gasteiger partial charge in [-0.15, -0.1) is 0 Å². The van der Waals surface area contributed by atoms with E-state index >= 15 is 0 Å². The zero-order chi connectivity index (χ0) is 14.7. The Bertz CT molecular complexity index is 604. The van der Waals surface area contributed by atoms with E-state index in [2.05, 4.69) is 5.10 Å². The third kappa shape index (κ3) is 3.20. The number of rotatable bonds is 5. The summed E-state index contributed by atoms with van der Waals surface area (Å²) in [5.74, 6) is 0. The minimum Gasteiger partial charge on any atom is -0.335 e. The number of benzene rings is 1. The zero-order valence-electron chi connectivity index (χ0n) is 11.9. The van der Waals surface area contributed by atoms with E-state index in [0.717, 1.165) is 23.4 Å². The number of carbonyl (C=O) groups is 1. The molecule has 5 heteroatoms. The summed E-state index contributed by atoms with van der Waals surface area (Å²) in [7, 11) is 1.84. The monoisotopic (exact) mass is 291 g/mol. The highest BCUT2D eigenvalue weighted by molar-refractivity contribution is 6.31. The molecule has 0 atom stereocenters. The highest BCUT2D eigenvalue weighted by atomic mass is 35.5. The average molecular weight is 292 g/mol. The van der Waals surface area contributed by atoms with E-state index in [9.17, 15) is 4.79 Å². The van der Waals surface area contributed by atoms with Crippen molar-refractivity contribution >= 4 is 18.0 Å². The van der Waals surface area contributed by atoms with E-state index in [1.54, 1.807) is 9.58 Å². The van der Waals surface area contributed by atoms with Gasteiger partial charge in [-0.05, 0) is 19.4 Å². The summed E-state index contributed by atoms with van der Waals surface area (Å²) in [5.41, 5.74) is 3.93. The van der Waals surface area contributed by atoms with Gasteiger partial charge in [-0.3, -0.25) is 9.48 Å². The maximum atomic E-state index is 11.3. The van der Waals surface area contributed by atoms with Crippen LogP contribution in [0.15, 0.2) is 24.3 Å². The highest BCUT2D eigenvalue weighted by Gasteiger charge is 2.14. The Hall–Kier alpha value is -1.81. The fraction of sp³-hybridized carbons (Fsp3) is 0.333. The van der Waals surface area contributed by atoms with Crippen LogP contribution in [0.3, 0.4) is 0 Å². The van der Waals surface area contributed by atoms with Gasteiger partial charge >= 0.3 is 0 Å². The Labute approximate surface area is 124 Å². The lowest BCUT2D eigenvalue weighted by Crippen LogP contribution is -2.22. The number of hydrogen-bond donors (Lipinski definition) is 0. The summed E-state index contributed by atoms with van der Waals surface area (Å²) in [6.45, 7) is 4.91. The molecule has 2 aromatic rings. The molecule has 0 aliphatic heterocycles. The van der Waals surface area contributed by atoms with Crippen LogP contribution in [-0.2, 0) is 24.9 Å². The van der Waals surface area contributed by atoms with E-state index in [0.29, 0.717) is 18.1 Å². The molecule has 1 amide bonds. The van der Waals surface area contributed by atoms with E-state index in [-0.39, 0.29) is 0 Å². The van der Waals surface area contributed by atoms with Gasteiger partial charge in [0, 0.05) is 13.6 Å². The molecule has 0 fully saturated rings. The number of aromatic nitrogens is 2. The van der Waals surface area contributed by atoms with Crippen LogP contribution in [0, 0.1) is 13.8 Å². The first-order valence-electron chi connectivity index (χ1n) is 6.44. The van der Waals surface area contributed by atoms with Crippen LogP contribution in [0.1, 0.15) is 22.5 Å².